The van der Waals surface area contributed by atoms with Gasteiger partial charge in [0.25, 0.3) is 0 Å². The zero-order valence-electron chi connectivity index (χ0n) is 12.2. The van der Waals surface area contributed by atoms with Crippen molar-refractivity contribution in [2.24, 2.45) is 0 Å². The van der Waals surface area contributed by atoms with Crippen molar-refractivity contribution in [2.75, 3.05) is 13.2 Å². The standard InChI is InChI=1S/C15H15NO6/c1-3-20-13-6-5-10(9-11(13)16(18)19)12-7-8-14(22-12)15(17)21-4-2/h5-9H,3-4H2,1-2H3. The molecule has 7 nitrogen and oxygen atoms in total. The van der Waals surface area contributed by atoms with E-state index in [1.807, 2.05) is 0 Å². The fourth-order valence-electron chi connectivity index (χ4n) is 1.90. The third kappa shape index (κ3) is 3.25. The van der Waals surface area contributed by atoms with Gasteiger partial charge in [0.05, 0.1) is 18.1 Å². The van der Waals surface area contributed by atoms with Gasteiger partial charge in [-0.05, 0) is 38.1 Å². The number of nitro benzene ring substituents is 1. The second-order valence-electron chi connectivity index (χ2n) is 4.26. The summed E-state index contributed by atoms with van der Waals surface area (Å²) in [5.41, 5.74) is 0.319. The predicted molar refractivity (Wildman–Crippen MR) is 77.9 cm³/mol. The van der Waals surface area contributed by atoms with E-state index < -0.39 is 10.9 Å². The normalized spacial score (nSPS) is 10.3. The second-order valence-corrected chi connectivity index (χ2v) is 4.26. The van der Waals surface area contributed by atoms with E-state index in [0.29, 0.717) is 17.9 Å². The zero-order valence-corrected chi connectivity index (χ0v) is 12.2. The first-order valence-electron chi connectivity index (χ1n) is 6.75. The van der Waals surface area contributed by atoms with E-state index in [2.05, 4.69) is 0 Å². The molecular formula is C15H15NO6. The fraction of sp³-hybridized carbons (Fsp3) is 0.267. The molecule has 22 heavy (non-hydrogen) atoms. The number of nitro groups is 1. The fourth-order valence-corrected chi connectivity index (χ4v) is 1.90. The molecule has 0 fully saturated rings. The molecule has 0 bridgehead atoms. The molecule has 0 spiro atoms. The lowest BCUT2D eigenvalue weighted by Gasteiger charge is -2.05. The van der Waals surface area contributed by atoms with Crippen molar-refractivity contribution >= 4 is 11.7 Å². The molecule has 0 N–H and O–H groups in total. The average molecular weight is 305 g/mol. The number of esters is 1. The van der Waals surface area contributed by atoms with Crippen LogP contribution in [0.15, 0.2) is 34.7 Å². The summed E-state index contributed by atoms with van der Waals surface area (Å²) in [4.78, 5) is 22.1. The van der Waals surface area contributed by atoms with Gasteiger partial charge < -0.3 is 13.9 Å². The van der Waals surface area contributed by atoms with Gasteiger partial charge in [0.2, 0.25) is 5.76 Å². The van der Waals surface area contributed by atoms with Gasteiger partial charge in [-0.1, -0.05) is 0 Å². The largest absolute Gasteiger partial charge is 0.487 e. The molecular weight excluding hydrogens is 290 g/mol. The van der Waals surface area contributed by atoms with Crippen LogP contribution in [-0.4, -0.2) is 24.1 Å². The number of carbonyl (C=O) groups excluding carboxylic acids is 1. The van der Waals surface area contributed by atoms with Crippen LogP contribution >= 0.6 is 0 Å². The van der Waals surface area contributed by atoms with Crippen LogP contribution in [0, 0.1) is 10.1 Å². The predicted octanol–water partition coefficient (Wildman–Crippen LogP) is 3.43. The Balaban J connectivity index is 2.35. The summed E-state index contributed by atoms with van der Waals surface area (Å²) < 4.78 is 15.4. The summed E-state index contributed by atoms with van der Waals surface area (Å²) in [5, 5.41) is 11.1. The molecule has 1 aromatic carbocycles. The Morgan fingerprint density at radius 1 is 1.23 bits per heavy atom. The smallest absolute Gasteiger partial charge is 0.374 e. The summed E-state index contributed by atoms with van der Waals surface area (Å²) in [6.45, 7) is 4.00. The van der Waals surface area contributed by atoms with E-state index in [9.17, 15) is 14.9 Å². The molecule has 0 saturated carbocycles. The lowest BCUT2D eigenvalue weighted by atomic mass is 10.1. The summed E-state index contributed by atoms with van der Waals surface area (Å²) in [6.07, 6.45) is 0. The van der Waals surface area contributed by atoms with Gasteiger partial charge in [0.15, 0.2) is 5.75 Å². The molecule has 0 aliphatic rings. The van der Waals surface area contributed by atoms with E-state index in [1.54, 1.807) is 26.0 Å². The van der Waals surface area contributed by atoms with Crippen LogP contribution in [-0.2, 0) is 4.74 Å². The van der Waals surface area contributed by atoms with Crippen LogP contribution in [0.1, 0.15) is 24.4 Å². The maximum Gasteiger partial charge on any atom is 0.374 e. The van der Waals surface area contributed by atoms with Crippen LogP contribution in [0.3, 0.4) is 0 Å². The topological polar surface area (TPSA) is 91.8 Å². The maximum atomic E-state index is 11.6. The van der Waals surface area contributed by atoms with Crippen LogP contribution < -0.4 is 4.74 Å². The van der Waals surface area contributed by atoms with Gasteiger partial charge in [0, 0.05) is 11.6 Å². The van der Waals surface area contributed by atoms with Gasteiger partial charge in [0.1, 0.15) is 5.76 Å². The highest BCUT2D eigenvalue weighted by molar-refractivity contribution is 5.87. The zero-order chi connectivity index (χ0) is 16.1. The molecule has 0 aliphatic heterocycles. The molecule has 0 radical (unpaired) electrons. The minimum absolute atomic E-state index is 0.0494. The van der Waals surface area contributed by atoms with Crippen LogP contribution in [0.4, 0.5) is 5.69 Å². The molecule has 0 atom stereocenters. The van der Waals surface area contributed by atoms with Gasteiger partial charge in [-0.15, -0.1) is 0 Å². The molecule has 0 amide bonds. The van der Waals surface area contributed by atoms with Crippen LogP contribution in [0.2, 0.25) is 0 Å². The Labute approximate surface area is 126 Å². The number of carbonyl (C=O) groups is 1. The molecule has 0 unspecified atom stereocenters. The lowest BCUT2D eigenvalue weighted by Crippen LogP contribution is -2.02. The van der Waals surface area contributed by atoms with Crippen molar-refractivity contribution in [1.29, 1.82) is 0 Å². The number of rotatable bonds is 6. The van der Waals surface area contributed by atoms with Crippen LogP contribution in [0.25, 0.3) is 11.3 Å². The molecule has 116 valence electrons. The van der Waals surface area contributed by atoms with E-state index >= 15 is 0 Å². The third-order valence-electron chi connectivity index (χ3n) is 2.82. The Morgan fingerprint density at radius 3 is 2.64 bits per heavy atom. The first kappa shape index (κ1) is 15.6. The van der Waals surface area contributed by atoms with E-state index in [0.717, 1.165) is 0 Å². The molecule has 2 rings (SSSR count). The Hall–Kier alpha value is -2.83. The lowest BCUT2D eigenvalue weighted by molar-refractivity contribution is -0.385. The van der Waals surface area contributed by atoms with Crippen molar-refractivity contribution in [3.8, 4) is 17.1 Å². The highest BCUT2D eigenvalue weighted by Crippen LogP contribution is 2.33. The summed E-state index contributed by atoms with van der Waals surface area (Å²) in [6, 6.07) is 7.51. The third-order valence-corrected chi connectivity index (χ3v) is 2.82. The van der Waals surface area contributed by atoms with E-state index in [-0.39, 0.29) is 23.8 Å². The minimum atomic E-state index is -0.575. The molecule has 1 heterocycles. The van der Waals surface area contributed by atoms with Gasteiger partial charge in [-0.2, -0.15) is 0 Å². The number of furan rings is 1. The quantitative estimate of drug-likeness (QED) is 0.461. The van der Waals surface area contributed by atoms with E-state index in [4.69, 9.17) is 13.9 Å². The highest BCUT2D eigenvalue weighted by atomic mass is 16.6. The van der Waals surface area contributed by atoms with Gasteiger partial charge in [-0.25, -0.2) is 4.79 Å². The molecule has 0 aliphatic carbocycles. The molecule has 7 heteroatoms. The van der Waals surface area contributed by atoms with E-state index in [1.165, 1.54) is 18.2 Å². The number of nitrogens with zero attached hydrogens (tertiary/aromatic N) is 1. The SMILES string of the molecule is CCOC(=O)c1ccc(-c2ccc(OCC)c([N+](=O)[O-])c2)o1. The van der Waals surface area contributed by atoms with Crippen molar-refractivity contribution in [2.45, 2.75) is 13.8 Å². The maximum absolute atomic E-state index is 11.6. The monoisotopic (exact) mass is 305 g/mol. The summed E-state index contributed by atoms with van der Waals surface area (Å²) in [7, 11) is 0. The number of hydrogen-bond acceptors (Lipinski definition) is 6. The summed E-state index contributed by atoms with van der Waals surface area (Å²) in [5.74, 6) is 0.00481. The minimum Gasteiger partial charge on any atom is -0.487 e. The molecule has 1 aromatic heterocycles. The number of hydrogen-bond donors (Lipinski definition) is 0. The van der Waals surface area contributed by atoms with Crippen molar-refractivity contribution in [1.82, 2.24) is 0 Å². The first-order chi connectivity index (χ1) is 10.6. The van der Waals surface area contributed by atoms with Crippen molar-refractivity contribution in [3.05, 3.63) is 46.2 Å². The van der Waals surface area contributed by atoms with Crippen molar-refractivity contribution in [3.63, 3.8) is 0 Å². The first-order valence-corrected chi connectivity index (χ1v) is 6.75. The van der Waals surface area contributed by atoms with Gasteiger partial charge >= 0.3 is 11.7 Å². The number of ether oxygens (including phenoxy) is 2. The van der Waals surface area contributed by atoms with Crippen LogP contribution in [0.5, 0.6) is 5.75 Å². The Morgan fingerprint density at radius 2 is 2.00 bits per heavy atom. The van der Waals surface area contributed by atoms with Gasteiger partial charge in [-0.3, -0.25) is 10.1 Å². The Bertz CT molecular complexity index is 691. The van der Waals surface area contributed by atoms with Crippen molar-refractivity contribution < 1.29 is 23.6 Å². The Kier molecular flexibility index (Phi) is 4.77. The molecule has 2 aromatic rings. The second kappa shape index (κ2) is 6.75. The molecule has 0 saturated heterocycles. The number of benzene rings is 1. The summed E-state index contributed by atoms with van der Waals surface area (Å²) >= 11 is 0. The average Bonchev–Trinajstić information content (AvgIpc) is 2.98. The highest BCUT2D eigenvalue weighted by Gasteiger charge is 2.19.